The molecule has 0 atom stereocenters. The largest absolute Gasteiger partial charge is 0.495 e. The number of nitrogens with zero attached hydrogens (tertiary/aromatic N) is 1. The van der Waals surface area contributed by atoms with Gasteiger partial charge in [-0.15, -0.1) is 0 Å². The van der Waals surface area contributed by atoms with Gasteiger partial charge in [0.15, 0.2) is 0 Å². The zero-order valence-corrected chi connectivity index (χ0v) is 21.4. The Morgan fingerprint density at radius 2 is 1.66 bits per heavy atom. The van der Waals surface area contributed by atoms with Gasteiger partial charge in [0, 0.05) is 10.6 Å². The summed E-state index contributed by atoms with van der Waals surface area (Å²) in [4.78, 5) is 13.1. The highest BCUT2D eigenvalue weighted by atomic mass is 35.5. The summed E-state index contributed by atoms with van der Waals surface area (Å²) in [5.41, 5.74) is 0.593. The minimum atomic E-state index is -4.07. The summed E-state index contributed by atoms with van der Waals surface area (Å²) in [7, 11) is -2.63. The number of benzene rings is 2. The van der Waals surface area contributed by atoms with Gasteiger partial charge >= 0.3 is 0 Å². The average molecular weight is 481 g/mol. The number of halogens is 1. The molecule has 0 heterocycles. The minimum absolute atomic E-state index is 0.0133. The van der Waals surface area contributed by atoms with Crippen molar-refractivity contribution in [2.45, 2.75) is 58.4 Å². The second kappa shape index (κ2) is 9.71. The molecule has 0 aromatic heterocycles. The molecular weight excluding hydrogens is 448 g/mol. The van der Waals surface area contributed by atoms with Gasteiger partial charge in [0.1, 0.15) is 12.3 Å². The van der Waals surface area contributed by atoms with E-state index in [0.29, 0.717) is 10.8 Å². The quantitative estimate of drug-likeness (QED) is 0.564. The number of carbonyl (C=O) groups excluding carboxylic acids is 1. The molecule has 0 aliphatic carbocycles. The van der Waals surface area contributed by atoms with Crippen LogP contribution in [0.2, 0.25) is 5.02 Å². The Kier molecular flexibility index (Phi) is 7.89. The first-order valence-electron chi connectivity index (χ1n) is 10.4. The molecule has 0 saturated heterocycles. The van der Waals surface area contributed by atoms with Gasteiger partial charge in [0.05, 0.1) is 17.7 Å². The molecule has 1 amide bonds. The first-order chi connectivity index (χ1) is 14.6. The fourth-order valence-corrected chi connectivity index (χ4v) is 5.50. The molecule has 2 aromatic rings. The van der Waals surface area contributed by atoms with Gasteiger partial charge in [-0.25, -0.2) is 8.42 Å². The molecule has 0 aliphatic rings. The first kappa shape index (κ1) is 26.0. The van der Waals surface area contributed by atoms with Crippen LogP contribution in [-0.2, 0) is 14.8 Å². The molecule has 0 fully saturated rings. The molecule has 0 bridgehead atoms. The lowest BCUT2D eigenvalue weighted by Gasteiger charge is -2.34. The number of aryl methyl sites for hydroxylation is 1. The Hall–Kier alpha value is -2.25. The summed E-state index contributed by atoms with van der Waals surface area (Å²) in [6.45, 7) is 11.6. The summed E-state index contributed by atoms with van der Waals surface area (Å²) >= 11 is 6.17. The highest BCUT2D eigenvalue weighted by molar-refractivity contribution is 7.92. The van der Waals surface area contributed by atoms with Crippen molar-refractivity contribution in [3.8, 4) is 5.75 Å². The van der Waals surface area contributed by atoms with E-state index in [1.54, 1.807) is 24.3 Å². The van der Waals surface area contributed by atoms with E-state index in [4.69, 9.17) is 16.3 Å². The van der Waals surface area contributed by atoms with Crippen LogP contribution < -0.4 is 14.4 Å². The third kappa shape index (κ3) is 6.87. The van der Waals surface area contributed by atoms with E-state index < -0.39 is 28.0 Å². The highest BCUT2D eigenvalue weighted by Crippen LogP contribution is 2.35. The molecule has 0 radical (unpaired) electrons. The summed E-state index contributed by atoms with van der Waals surface area (Å²) in [5.74, 6) is -0.121. The minimum Gasteiger partial charge on any atom is -0.495 e. The maximum atomic E-state index is 13.6. The topological polar surface area (TPSA) is 75.7 Å². The molecule has 8 heteroatoms. The molecule has 0 unspecified atom stereocenters. The maximum absolute atomic E-state index is 13.6. The Balaban J connectivity index is 2.49. The summed E-state index contributed by atoms with van der Waals surface area (Å²) in [6, 6.07) is 11.1. The number of hydrogen-bond acceptors (Lipinski definition) is 4. The van der Waals surface area contributed by atoms with Crippen molar-refractivity contribution in [3.05, 3.63) is 53.1 Å². The van der Waals surface area contributed by atoms with Gasteiger partial charge in [0.2, 0.25) is 5.91 Å². The molecule has 2 rings (SSSR count). The summed E-state index contributed by atoms with van der Waals surface area (Å²) in [6.07, 6.45) is 0.719. The van der Waals surface area contributed by atoms with Crippen molar-refractivity contribution in [1.82, 2.24) is 5.32 Å². The van der Waals surface area contributed by atoms with Gasteiger partial charge in [-0.2, -0.15) is 0 Å². The summed E-state index contributed by atoms with van der Waals surface area (Å²) in [5, 5.41) is 3.31. The molecule has 2 aromatic carbocycles. The Morgan fingerprint density at radius 3 is 2.19 bits per heavy atom. The number of carbonyl (C=O) groups is 1. The van der Waals surface area contributed by atoms with E-state index in [1.807, 2.05) is 20.8 Å². The van der Waals surface area contributed by atoms with Crippen molar-refractivity contribution in [1.29, 1.82) is 0 Å². The number of amides is 1. The molecule has 0 saturated carbocycles. The molecule has 6 nitrogen and oxygen atoms in total. The zero-order valence-electron chi connectivity index (χ0n) is 19.8. The van der Waals surface area contributed by atoms with Crippen LogP contribution in [0.5, 0.6) is 5.75 Å². The van der Waals surface area contributed by atoms with E-state index >= 15 is 0 Å². The highest BCUT2D eigenvalue weighted by Gasteiger charge is 2.32. The second-order valence-corrected chi connectivity index (χ2v) is 12.1. The lowest BCUT2D eigenvalue weighted by atomic mass is 9.82. The number of anilines is 1. The van der Waals surface area contributed by atoms with Crippen LogP contribution in [-0.4, -0.2) is 33.5 Å². The first-order valence-corrected chi connectivity index (χ1v) is 12.2. The van der Waals surface area contributed by atoms with Crippen LogP contribution in [0.1, 0.15) is 46.6 Å². The number of ether oxygens (including phenoxy) is 1. The van der Waals surface area contributed by atoms with Crippen LogP contribution in [0.4, 0.5) is 5.69 Å². The normalized spacial score (nSPS) is 12.4. The molecule has 0 aliphatic heterocycles. The lowest BCUT2D eigenvalue weighted by molar-refractivity contribution is -0.121. The maximum Gasteiger partial charge on any atom is 0.264 e. The SMILES string of the molecule is COc1ccc(Cl)cc1N(CC(=O)NC(C)(C)CC(C)(C)C)S(=O)(=O)c1ccc(C)cc1. The van der Waals surface area contributed by atoms with Crippen molar-refractivity contribution in [2.75, 3.05) is 18.0 Å². The van der Waals surface area contributed by atoms with Gasteiger partial charge in [-0.3, -0.25) is 9.10 Å². The third-order valence-corrected chi connectivity index (χ3v) is 6.76. The van der Waals surface area contributed by atoms with Crippen molar-refractivity contribution < 1.29 is 17.9 Å². The zero-order chi connectivity index (χ0) is 24.3. The molecule has 32 heavy (non-hydrogen) atoms. The predicted octanol–water partition coefficient (Wildman–Crippen LogP) is 5.18. The van der Waals surface area contributed by atoms with E-state index in [2.05, 4.69) is 26.1 Å². The Morgan fingerprint density at radius 1 is 1.06 bits per heavy atom. The van der Waals surface area contributed by atoms with Crippen LogP contribution >= 0.6 is 11.6 Å². The molecule has 0 spiro atoms. The molecule has 176 valence electrons. The van der Waals surface area contributed by atoms with E-state index in [0.717, 1.165) is 16.3 Å². The fraction of sp³-hybridized carbons (Fsp3) is 0.458. The predicted molar refractivity (Wildman–Crippen MR) is 130 cm³/mol. The number of sulfonamides is 1. The van der Waals surface area contributed by atoms with Crippen molar-refractivity contribution >= 4 is 33.2 Å². The Bertz CT molecular complexity index is 1060. The van der Waals surface area contributed by atoms with E-state index in [1.165, 1.54) is 25.3 Å². The van der Waals surface area contributed by atoms with Gasteiger partial charge in [-0.05, 0) is 62.9 Å². The van der Waals surface area contributed by atoms with Crippen LogP contribution in [0, 0.1) is 12.3 Å². The van der Waals surface area contributed by atoms with Crippen molar-refractivity contribution in [2.24, 2.45) is 5.41 Å². The molecular formula is C24H33ClN2O4S. The Labute approximate surface area is 197 Å². The van der Waals surface area contributed by atoms with E-state index in [-0.39, 0.29) is 16.0 Å². The fourth-order valence-electron chi connectivity index (χ4n) is 3.91. The van der Waals surface area contributed by atoms with Crippen LogP contribution in [0.25, 0.3) is 0 Å². The van der Waals surface area contributed by atoms with Crippen molar-refractivity contribution in [3.63, 3.8) is 0 Å². The monoisotopic (exact) mass is 480 g/mol. The van der Waals surface area contributed by atoms with E-state index in [9.17, 15) is 13.2 Å². The standard InChI is InChI=1S/C24H33ClN2O4S/c1-17-8-11-19(12-9-17)32(29,30)27(20-14-18(25)10-13-21(20)31-7)15-22(28)26-24(5,6)16-23(2,3)4/h8-14H,15-16H2,1-7H3,(H,26,28). The van der Waals surface area contributed by atoms with Crippen LogP contribution in [0.15, 0.2) is 47.4 Å². The van der Waals surface area contributed by atoms with Gasteiger partial charge in [0.25, 0.3) is 10.0 Å². The third-order valence-electron chi connectivity index (χ3n) is 4.76. The second-order valence-electron chi connectivity index (χ2n) is 9.81. The average Bonchev–Trinajstić information content (AvgIpc) is 2.64. The number of nitrogens with one attached hydrogen (secondary N) is 1. The molecule has 1 N–H and O–H groups in total. The number of rotatable bonds is 8. The van der Waals surface area contributed by atoms with Gasteiger partial charge in [-0.1, -0.05) is 50.1 Å². The van der Waals surface area contributed by atoms with Crippen LogP contribution in [0.3, 0.4) is 0 Å². The van der Waals surface area contributed by atoms with Gasteiger partial charge < -0.3 is 10.1 Å². The number of hydrogen-bond donors (Lipinski definition) is 1. The number of methoxy groups -OCH3 is 1. The summed E-state index contributed by atoms with van der Waals surface area (Å²) < 4.78 is 33.6. The smallest absolute Gasteiger partial charge is 0.264 e. The lowest BCUT2D eigenvalue weighted by Crippen LogP contribution is -2.50.